The van der Waals surface area contributed by atoms with Crippen molar-refractivity contribution in [3.63, 3.8) is 0 Å². The smallest absolute Gasteiger partial charge is 0.259 e. The summed E-state index contributed by atoms with van der Waals surface area (Å²) >= 11 is 0. The second kappa shape index (κ2) is 6.34. The van der Waals surface area contributed by atoms with Crippen molar-refractivity contribution in [2.45, 2.75) is 32.6 Å². The van der Waals surface area contributed by atoms with Gasteiger partial charge in [0, 0.05) is 49.0 Å². The molecule has 0 unspecified atom stereocenters. The molecule has 0 bridgehead atoms. The Hall–Kier alpha value is -2.95. The van der Waals surface area contributed by atoms with E-state index in [4.69, 9.17) is 0 Å². The molecule has 1 aliphatic rings. The Morgan fingerprint density at radius 2 is 1.89 bits per heavy atom. The van der Waals surface area contributed by atoms with E-state index in [1.165, 1.54) is 11.1 Å². The number of aryl methyl sites for hydroxylation is 1. The van der Waals surface area contributed by atoms with Gasteiger partial charge in [0.1, 0.15) is 0 Å². The van der Waals surface area contributed by atoms with Gasteiger partial charge in [0.25, 0.3) is 5.91 Å². The lowest BCUT2D eigenvalue weighted by atomic mass is 9.86. The van der Waals surface area contributed by atoms with Crippen LogP contribution >= 0.6 is 0 Å². The zero-order valence-electron chi connectivity index (χ0n) is 16.2. The van der Waals surface area contributed by atoms with Crippen LogP contribution in [0.5, 0.6) is 0 Å². The average molecular weight is 360 g/mol. The van der Waals surface area contributed by atoms with E-state index in [0.717, 1.165) is 23.2 Å². The molecule has 0 saturated carbocycles. The summed E-state index contributed by atoms with van der Waals surface area (Å²) in [5.41, 5.74) is 6.12. The van der Waals surface area contributed by atoms with Crippen LogP contribution in [-0.2, 0) is 18.9 Å². The van der Waals surface area contributed by atoms with E-state index < -0.39 is 0 Å². The van der Waals surface area contributed by atoms with E-state index in [1.807, 2.05) is 24.2 Å². The number of carbonyl (C=O) groups is 1. The highest BCUT2D eigenvalue weighted by Gasteiger charge is 2.27. The van der Waals surface area contributed by atoms with Gasteiger partial charge in [0.15, 0.2) is 0 Å². The summed E-state index contributed by atoms with van der Waals surface area (Å²) in [7, 11) is 1.87. The first-order chi connectivity index (χ1) is 12.8. The minimum absolute atomic E-state index is 0.00417. The minimum Gasteiger partial charge on any atom is -0.308 e. The number of pyridine rings is 1. The quantitative estimate of drug-likeness (QED) is 0.694. The summed E-state index contributed by atoms with van der Waals surface area (Å²) in [6, 6.07) is 8.36. The van der Waals surface area contributed by atoms with Crippen LogP contribution in [0.3, 0.4) is 0 Å². The van der Waals surface area contributed by atoms with Crippen molar-refractivity contribution < 1.29 is 4.79 Å². The zero-order chi connectivity index (χ0) is 19.2. The van der Waals surface area contributed by atoms with Crippen molar-refractivity contribution >= 4 is 11.6 Å². The normalized spacial score (nSPS) is 13.7. The highest BCUT2D eigenvalue weighted by Crippen LogP contribution is 2.34. The monoisotopic (exact) mass is 360 g/mol. The van der Waals surface area contributed by atoms with Crippen molar-refractivity contribution in [3.05, 3.63) is 65.7 Å². The van der Waals surface area contributed by atoms with Crippen molar-refractivity contribution in [1.29, 1.82) is 0 Å². The van der Waals surface area contributed by atoms with E-state index in [1.54, 1.807) is 23.3 Å². The van der Waals surface area contributed by atoms with Gasteiger partial charge in [-0.3, -0.25) is 14.5 Å². The minimum atomic E-state index is -0.00417. The molecular weight excluding hydrogens is 336 g/mol. The molecular formula is C22H24N4O. The number of carbonyl (C=O) groups excluding carboxylic acids is 1. The summed E-state index contributed by atoms with van der Waals surface area (Å²) in [5.74, 6) is -0.00417. The highest BCUT2D eigenvalue weighted by molar-refractivity contribution is 6.07. The summed E-state index contributed by atoms with van der Waals surface area (Å²) in [6.45, 7) is 7.34. The SMILES string of the molecule is Cn1cc(-c2cncc(C(=O)N3CCc4cc(C(C)(C)C)ccc43)c2)cn1. The highest BCUT2D eigenvalue weighted by atomic mass is 16.2. The van der Waals surface area contributed by atoms with Crippen molar-refractivity contribution in [2.24, 2.45) is 7.05 Å². The maximum Gasteiger partial charge on any atom is 0.259 e. The molecule has 0 atom stereocenters. The molecule has 0 N–H and O–H groups in total. The van der Waals surface area contributed by atoms with Crippen LogP contribution in [0.4, 0.5) is 5.69 Å². The standard InChI is InChI=1S/C22H24N4O/c1-22(2,3)19-5-6-20-15(10-19)7-8-26(20)21(27)17-9-16(11-23-12-17)18-13-24-25(4)14-18/h5-6,9-14H,7-8H2,1-4H3. The number of rotatable bonds is 2. The van der Waals surface area contributed by atoms with Crippen LogP contribution in [0.25, 0.3) is 11.1 Å². The number of fused-ring (bicyclic) bond motifs is 1. The Morgan fingerprint density at radius 3 is 2.59 bits per heavy atom. The molecule has 5 nitrogen and oxygen atoms in total. The third kappa shape index (κ3) is 3.25. The van der Waals surface area contributed by atoms with Gasteiger partial charge >= 0.3 is 0 Å². The molecule has 2 aromatic heterocycles. The summed E-state index contributed by atoms with van der Waals surface area (Å²) in [4.78, 5) is 19.3. The molecule has 5 heteroatoms. The molecule has 3 heterocycles. The number of hydrogen-bond donors (Lipinski definition) is 0. The third-order valence-electron chi connectivity index (χ3n) is 5.11. The van der Waals surface area contributed by atoms with Crippen LogP contribution in [0, 0.1) is 0 Å². The van der Waals surface area contributed by atoms with E-state index in [0.29, 0.717) is 12.1 Å². The second-order valence-corrected chi connectivity index (χ2v) is 8.17. The fourth-order valence-electron chi connectivity index (χ4n) is 3.52. The second-order valence-electron chi connectivity index (χ2n) is 8.17. The summed E-state index contributed by atoms with van der Waals surface area (Å²) < 4.78 is 1.74. The first-order valence-electron chi connectivity index (χ1n) is 9.22. The third-order valence-corrected chi connectivity index (χ3v) is 5.11. The molecule has 0 spiro atoms. The first kappa shape index (κ1) is 17.5. The van der Waals surface area contributed by atoms with Gasteiger partial charge in [0.05, 0.1) is 11.8 Å². The van der Waals surface area contributed by atoms with Crippen molar-refractivity contribution in [1.82, 2.24) is 14.8 Å². The lowest BCUT2D eigenvalue weighted by molar-refractivity contribution is 0.0989. The molecule has 0 aliphatic carbocycles. The Kier molecular flexibility index (Phi) is 4.10. The molecule has 1 amide bonds. The number of amides is 1. The van der Waals surface area contributed by atoms with Gasteiger partial charge in [-0.2, -0.15) is 5.10 Å². The van der Waals surface area contributed by atoms with Crippen LogP contribution < -0.4 is 4.90 Å². The maximum atomic E-state index is 13.1. The van der Waals surface area contributed by atoms with Gasteiger partial charge in [-0.05, 0) is 35.1 Å². The van der Waals surface area contributed by atoms with Crippen LogP contribution in [0.2, 0.25) is 0 Å². The zero-order valence-corrected chi connectivity index (χ0v) is 16.2. The lowest BCUT2D eigenvalue weighted by Crippen LogP contribution is -2.29. The largest absolute Gasteiger partial charge is 0.308 e. The Balaban J connectivity index is 1.64. The maximum absolute atomic E-state index is 13.1. The predicted octanol–water partition coefficient (Wildman–Crippen LogP) is 3.98. The molecule has 27 heavy (non-hydrogen) atoms. The molecule has 1 aromatic carbocycles. The Bertz CT molecular complexity index is 1010. The fraction of sp³-hybridized carbons (Fsp3) is 0.318. The molecule has 138 valence electrons. The molecule has 0 saturated heterocycles. The Morgan fingerprint density at radius 1 is 1.07 bits per heavy atom. The molecule has 4 rings (SSSR count). The molecule has 0 radical (unpaired) electrons. The van der Waals surface area contributed by atoms with Gasteiger partial charge in [-0.25, -0.2) is 0 Å². The van der Waals surface area contributed by atoms with Gasteiger partial charge in [-0.1, -0.05) is 32.9 Å². The lowest BCUT2D eigenvalue weighted by Gasteiger charge is -2.21. The average Bonchev–Trinajstić information content (AvgIpc) is 3.26. The number of hydrogen-bond acceptors (Lipinski definition) is 3. The van der Waals surface area contributed by atoms with E-state index in [-0.39, 0.29) is 11.3 Å². The Labute approximate surface area is 159 Å². The number of nitrogens with zero attached hydrogens (tertiary/aromatic N) is 4. The van der Waals surface area contributed by atoms with Crippen LogP contribution in [0.1, 0.15) is 42.3 Å². The van der Waals surface area contributed by atoms with Gasteiger partial charge < -0.3 is 4.90 Å². The van der Waals surface area contributed by atoms with Crippen LogP contribution in [-0.4, -0.2) is 27.2 Å². The predicted molar refractivity (Wildman–Crippen MR) is 107 cm³/mol. The number of anilines is 1. The molecule has 3 aromatic rings. The van der Waals surface area contributed by atoms with E-state index >= 15 is 0 Å². The molecule has 0 fully saturated rings. The van der Waals surface area contributed by atoms with E-state index in [2.05, 4.69) is 49.1 Å². The topological polar surface area (TPSA) is 51.0 Å². The number of aromatic nitrogens is 3. The summed E-state index contributed by atoms with van der Waals surface area (Å²) in [5, 5.41) is 4.20. The first-order valence-corrected chi connectivity index (χ1v) is 9.22. The van der Waals surface area contributed by atoms with Gasteiger partial charge in [-0.15, -0.1) is 0 Å². The van der Waals surface area contributed by atoms with Crippen molar-refractivity contribution in [2.75, 3.05) is 11.4 Å². The summed E-state index contributed by atoms with van der Waals surface area (Å²) in [6.07, 6.45) is 8.00. The van der Waals surface area contributed by atoms with Crippen LogP contribution in [0.15, 0.2) is 49.1 Å². The van der Waals surface area contributed by atoms with Crippen molar-refractivity contribution in [3.8, 4) is 11.1 Å². The fourth-order valence-corrected chi connectivity index (χ4v) is 3.52. The van der Waals surface area contributed by atoms with Gasteiger partial charge in [0.2, 0.25) is 0 Å². The van der Waals surface area contributed by atoms with E-state index in [9.17, 15) is 4.79 Å². The number of benzene rings is 1. The molecule has 1 aliphatic heterocycles.